The zero-order valence-corrected chi connectivity index (χ0v) is 20.8. The number of halogens is 1. The third-order valence-electron chi connectivity index (χ3n) is 5.11. The summed E-state index contributed by atoms with van der Waals surface area (Å²) in [7, 11) is -2.30. The average molecular weight is 533 g/mol. The van der Waals surface area contributed by atoms with Crippen molar-refractivity contribution in [2.24, 2.45) is 0 Å². The molecule has 15 heteroatoms. The molecular formula is C20H26ClN4O9P. The van der Waals surface area contributed by atoms with Gasteiger partial charge in [-0.1, -0.05) is 6.08 Å². The van der Waals surface area contributed by atoms with Crippen molar-refractivity contribution < 1.29 is 27.7 Å². The van der Waals surface area contributed by atoms with Crippen LogP contribution in [0.4, 0.5) is 5.88 Å². The molecule has 1 aliphatic rings. The van der Waals surface area contributed by atoms with Crippen molar-refractivity contribution in [3.8, 4) is 0 Å². The van der Waals surface area contributed by atoms with E-state index in [1.807, 2.05) is 0 Å². The van der Waals surface area contributed by atoms with Crippen LogP contribution in [0.5, 0.6) is 0 Å². The number of furan rings is 1. The summed E-state index contributed by atoms with van der Waals surface area (Å²) in [6, 6.07) is 2.53. The standard InChI is InChI=1S/C20H26ClN4O9P/c1-14-11-24(20(27)22-19(14)26)17-7-5-15(33-17)12-31-35(30,23(2)10-4-3-9-21)32-13-16-6-8-18(34-16)25(28)29/h5-8,11,15,17H,3-4,9-10,12-13H2,1-2H3,(H,22,26,27). The highest BCUT2D eigenvalue weighted by atomic mass is 35.5. The van der Waals surface area contributed by atoms with Gasteiger partial charge in [-0.2, -0.15) is 0 Å². The molecule has 0 saturated carbocycles. The second-order valence-electron chi connectivity index (χ2n) is 7.74. The maximum Gasteiger partial charge on any atom is 0.433 e. The molecule has 0 saturated heterocycles. The maximum absolute atomic E-state index is 13.6. The van der Waals surface area contributed by atoms with E-state index < -0.39 is 42.1 Å². The van der Waals surface area contributed by atoms with Gasteiger partial charge in [0.2, 0.25) is 0 Å². The Balaban J connectivity index is 1.65. The van der Waals surface area contributed by atoms with Gasteiger partial charge in [0, 0.05) is 24.2 Å². The van der Waals surface area contributed by atoms with Crippen LogP contribution in [0, 0.1) is 17.0 Å². The Morgan fingerprint density at radius 1 is 1.29 bits per heavy atom. The van der Waals surface area contributed by atoms with E-state index in [0.29, 0.717) is 30.8 Å². The van der Waals surface area contributed by atoms with Crippen LogP contribution in [0.3, 0.4) is 0 Å². The van der Waals surface area contributed by atoms with Crippen LogP contribution in [0.25, 0.3) is 0 Å². The van der Waals surface area contributed by atoms with Crippen molar-refractivity contribution in [1.29, 1.82) is 0 Å². The number of unbranched alkanes of at least 4 members (excludes halogenated alkanes) is 1. The average Bonchev–Trinajstić information content (AvgIpc) is 3.49. The van der Waals surface area contributed by atoms with Crippen LogP contribution < -0.4 is 11.2 Å². The summed E-state index contributed by atoms with van der Waals surface area (Å²) < 4.78 is 38.3. The number of H-pyrrole nitrogens is 1. The topological polar surface area (TPSA) is 159 Å². The van der Waals surface area contributed by atoms with Gasteiger partial charge in [-0.05, 0) is 39.0 Å². The molecule has 13 nitrogen and oxygen atoms in total. The molecule has 0 amide bonds. The fourth-order valence-electron chi connectivity index (χ4n) is 3.16. The number of rotatable bonds is 13. The molecule has 3 unspecified atom stereocenters. The van der Waals surface area contributed by atoms with Crippen molar-refractivity contribution in [2.75, 3.05) is 26.1 Å². The summed E-state index contributed by atoms with van der Waals surface area (Å²) in [5.41, 5.74) is -0.765. The summed E-state index contributed by atoms with van der Waals surface area (Å²) >= 11 is 5.72. The summed E-state index contributed by atoms with van der Waals surface area (Å²) in [5.74, 6) is 0.0967. The zero-order chi connectivity index (χ0) is 25.6. The highest BCUT2D eigenvalue weighted by Crippen LogP contribution is 2.52. The fraction of sp³-hybridized carbons (Fsp3) is 0.500. The molecule has 3 atom stereocenters. The van der Waals surface area contributed by atoms with E-state index in [2.05, 4.69) is 4.98 Å². The molecular weight excluding hydrogens is 507 g/mol. The molecule has 0 aliphatic carbocycles. The van der Waals surface area contributed by atoms with E-state index in [-0.39, 0.29) is 19.0 Å². The molecule has 192 valence electrons. The van der Waals surface area contributed by atoms with Crippen LogP contribution in [0.2, 0.25) is 0 Å². The Kier molecular flexibility index (Phi) is 9.22. The number of hydrogen-bond donors (Lipinski definition) is 1. The number of aromatic nitrogens is 2. The summed E-state index contributed by atoms with van der Waals surface area (Å²) in [6.07, 6.45) is 4.55. The predicted octanol–water partition coefficient (Wildman–Crippen LogP) is 3.09. The number of nitro groups is 1. The fourth-order valence-corrected chi connectivity index (χ4v) is 4.83. The van der Waals surface area contributed by atoms with Gasteiger partial charge >= 0.3 is 19.3 Å². The van der Waals surface area contributed by atoms with Gasteiger partial charge in [0.15, 0.2) is 6.23 Å². The Morgan fingerprint density at radius 2 is 2.06 bits per heavy atom. The SMILES string of the molecule is Cc1cn(C2C=CC(COP(=O)(OCc3ccc([N+](=O)[O-])o3)N(C)CCCCCl)O2)c(=O)[nH]c1=O. The van der Waals surface area contributed by atoms with Crippen molar-refractivity contribution in [3.05, 3.63) is 72.8 Å². The molecule has 3 rings (SSSR count). The molecule has 2 aromatic rings. The van der Waals surface area contributed by atoms with Crippen molar-refractivity contribution in [2.45, 2.75) is 38.7 Å². The van der Waals surface area contributed by atoms with Crippen LogP contribution >= 0.6 is 19.3 Å². The Bertz CT molecular complexity index is 1220. The molecule has 35 heavy (non-hydrogen) atoms. The van der Waals surface area contributed by atoms with Gasteiger partial charge in [0.1, 0.15) is 23.4 Å². The lowest BCUT2D eigenvalue weighted by molar-refractivity contribution is -0.402. The maximum atomic E-state index is 13.6. The zero-order valence-electron chi connectivity index (χ0n) is 19.1. The van der Waals surface area contributed by atoms with Crippen molar-refractivity contribution in [1.82, 2.24) is 14.2 Å². The number of nitrogens with one attached hydrogen (secondary N) is 1. The molecule has 2 aromatic heterocycles. The van der Waals surface area contributed by atoms with Crippen LogP contribution in [-0.4, -0.2) is 51.3 Å². The first-order valence-electron chi connectivity index (χ1n) is 10.7. The lowest BCUT2D eigenvalue weighted by atomic mass is 10.3. The smallest absolute Gasteiger partial charge is 0.403 e. The van der Waals surface area contributed by atoms with E-state index in [9.17, 15) is 24.3 Å². The largest absolute Gasteiger partial charge is 0.433 e. The molecule has 0 radical (unpaired) electrons. The number of aromatic amines is 1. The van der Waals surface area contributed by atoms with Gasteiger partial charge in [-0.3, -0.25) is 33.5 Å². The first-order chi connectivity index (χ1) is 16.6. The highest BCUT2D eigenvalue weighted by molar-refractivity contribution is 7.51. The number of nitrogens with zero attached hydrogens (tertiary/aromatic N) is 3. The molecule has 3 heterocycles. The molecule has 0 spiro atoms. The predicted molar refractivity (Wildman–Crippen MR) is 125 cm³/mol. The number of alkyl halides is 1. The van der Waals surface area contributed by atoms with E-state index in [1.165, 1.54) is 27.6 Å². The first kappa shape index (κ1) is 27.1. The Hall–Kier alpha value is -2.54. The van der Waals surface area contributed by atoms with Crippen LogP contribution in [0.15, 0.2) is 44.5 Å². The minimum Gasteiger partial charge on any atom is -0.403 e. The van der Waals surface area contributed by atoms with Gasteiger partial charge in [-0.25, -0.2) is 14.0 Å². The number of hydrogen-bond acceptors (Lipinski definition) is 9. The lowest BCUT2D eigenvalue weighted by Gasteiger charge is -2.27. The van der Waals surface area contributed by atoms with E-state index >= 15 is 0 Å². The molecule has 1 aliphatic heterocycles. The van der Waals surface area contributed by atoms with Gasteiger partial charge in [-0.15, -0.1) is 11.6 Å². The summed E-state index contributed by atoms with van der Waals surface area (Å²) in [4.78, 5) is 36.0. The Morgan fingerprint density at radius 3 is 2.74 bits per heavy atom. The molecule has 0 aromatic carbocycles. The number of ether oxygens (including phenoxy) is 1. The van der Waals surface area contributed by atoms with Crippen LogP contribution in [0.1, 0.15) is 30.4 Å². The van der Waals surface area contributed by atoms with Crippen molar-refractivity contribution in [3.63, 3.8) is 0 Å². The van der Waals surface area contributed by atoms with Crippen LogP contribution in [-0.2, 0) is 25.0 Å². The molecule has 0 fully saturated rings. The normalized spacial score (nSPS) is 19.3. The van der Waals surface area contributed by atoms with Gasteiger partial charge in [0.25, 0.3) is 5.56 Å². The monoisotopic (exact) mass is 532 g/mol. The summed E-state index contributed by atoms with van der Waals surface area (Å²) in [5, 5.41) is 10.8. The quantitative estimate of drug-likeness (QED) is 0.101. The third-order valence-corrected chi connectivity index (χ3v) is 7.34. The Labute approximate surface area is 205 Å². The minimum absolute atomic E-state index is 0.111. The summed E-state index contributed by atoms with van der Waals surface area (Å²) in [6.45, 7) is 1.44. The second kappa shape index (κ2) is 11.9. The molecule has 1 N–H and O–H groups in total. The molecule has 0 bridgehead atoms. The van der Waals surface area contributed by atoms with Crippen molar-refractivity contribution >= 4 is 25.2 Å². The van der Waals surface area contributed by atoms with E-state index in [0.717, 1.165) is 0 Å². The van der Waals surface area contributed by atoms with E-state index in [1.54, 1.807) is 26.1 Å². The highest BCUT2D eigenvalue weighted by Gasteiger charge is 2.34. The van der Waals surface area contributed by atoms with E-state index in [4.69, 9.17) is 29.8 Å². The second-order valence-corrected chi connectivity index (χ2v) is 10.3. The van der Waals surface area contributed by atoms with Gasteiger partial charge < -0.3 is 9.15 Å². The first-order valence-corrected chi connectivity index (χ1v) is 12.7. The van der Waals surface area contributed by atoms with Gasteiger partial charge in [0.05, 0.1) is 12.7 Å². The number of aryl methyl sites for hydroxylation is 1. The minimum atomic E-state index is -3.87. The lowest BCUT2D eigenvalue weighted by Crippen LogP contribution is -2.33. The third kappa shape index (κ3) is 7.00.